The fourth-order valence-electron chi connectivity index (χ4n) is 2.75. The van der Waals surface area contributed by atoms with Gasteiger partial charge in [-0.15, -0.1) is 0 Å². The first-order valence-corrected chi connectivity index (χ1v) is 7.80. The summed E-state index contributed by atoms with van der Waals surface area (Å²) in [6.07, 6.45) is 2.00. The van der Waals surface area contributed by atoms with Crippen molar-refractivity contribution < 1.29 is 4.39 Å². The molecule has 1 atom stereocenters. The molecular weight excluding hydrogens is 261 g/mol. The Morgan fingerprint density at radius 3 is 2.43 bits per heavy atom. The molecule has 0 aliphatic carbocycles. The smallest absolute Gasteiger partial charge is 0.123 e. The third-order valence-electron chi connectivity index (χ3n) is 3.90. The highest BCUT2D eigenvalue weighted by molar-refractivity contribution is 5.40. The van der Waals surface area contributed by atoms with Gasteiger partial charge in [-0.1, -0.05) is 51.1 Å². The third-order valence-corrected chi connectivity index (χ3v) is 3.90. The molecule has 0 saturated carbocycles. The minimum atomic E-state index is -0.180. The van der Waals surface area contributed by atoms with Gasteiger partial charge in [-0.2, -0.15) is 0 Å². The van der Waals surface area contributed by atoms with Crippen LogP contribution in [0, 0.1) is 5.82 Å². The molecule has 0 fully saturated rings. The second-order valence-electron chi connectivity index (χ2n) is 5.29. The van der Waals surface area contributed by atoms with E-state index in [2.05, 4.69) is 44.3 Å². The van der Waals surface area contributed by atoms with E-state index >= 15 is 0 Å². The van der Waals surface area contributed by atoms with Gasteiger partial charge in [-0.25, -0.2) is 4.39 Å². The Labute approximate surface area is 127 Å². The summed E-state index contributed by atoms with van der Waals surface area (Å²) < 4.78 is 13.6. The second kappa shape index (κ2) is 7.37. The Hall–Kier alpha value is -1.67. The van der Waals surface area contributed by atoms with E-state index in [1.165, 1.54) is 22.8 Å². The molecule has 1 nitrogen and oxygen atoms in total. The summed E-state index contributed by atoms with van der Waals surface area (Å²) in [6.45, 7) is 7.26. The van der Waals surface area contributed by atoms with Crippen molar-refractivity contribution in [1.82, 2.24) is 5.32 Å². The van der Waals surface area contributed by atoms with Crippen molar-refractivity contribution in [2.45, 2.75) is 39.7 Å². The van der Waals surface area contributed by atoms with Crippen LogP contribution < -0.4 is 5.32 Å². The molecule has 0 saturated heterocycles. The molecule has 2 rings (SSSR count). The molecule has 0 radical (unpaired) electrons. The van der Waals surface area contributed by atoms with Crippen LogP contribution in [-0.2, 0) is 12.8 Å². The fraction of sp³-hybridized carbons (Fsp3) is 0.368. The third kappa shape index (κ3) is 3.70. The van der Waals surface area contributed by atoms with E-state index in [4.69, 9.17) is 0 Å². The molecule has 112 valence electrons. The Balaban J connectivity index is 2.51. The van der Waals surface area contributed by atoms with E-state index in [1.807, 2.05) is 6.07 Å². The summed E-state index contributed by atoms with van der Waals surface area (Å²) in [5, 5.41) is 3.50. The number of aryl methyl sites for hydroxylation is 2. The highest BCUT2D eigenvalue weighted by Gasteiger charge is 2.17. The van der Waals surface area contributed by atoms with Crippen LogP contribution in [0.5, 0.6) is 0 Å². The van der Waals surface area contributed by atoms with Gasteiger partial charge in [0.1, 0.15) is 5.82 Å². The molecule has 2 aromatic carbocycles. The van der Waals surface area contributed by atoms with Gasteiger partial charge in [-0.3, -0.25) is 0 Å². The van der Waals surface area contributed by atoms with E-state index < -0.39 is 0 Å². The topological polar surface area (TPSA) is 12.0 Å². The maximum atomic E-state index is 13.6. The first-order chi connectivity index (χ1) is 10.2. The molecule has 0 heterocycles. The summed E-state index contributed by atoms with van der Waals surface area (Å²) in [5.74, 6) is -0.180. The molecule has 0 bridgehead atoms. The monoisotopic (exact) mass is 285 g/mol. The van der Waals surface area contributed by atoms with Crippen LogP contribution in [0.25, 0.3) is 0 Å². The summed E-state index contributed by atoms with van der Waals surface area (Å²) in [6, 6.07) is 13.6. The van der Waals surface area contributed by atoms with Gasteiger partial charge in [0.15, 0.2) is 0 Å². The minimum absolute atomic E-state index is 0.0483. The normalized spacial score (nSPS) is 12.4. The van der Waals surface area contributed by atoms with Crippen LogP contribution >= 0.6 is 0 Å². The van der Waals surface area contributed by atoms with E-state index in [0.717, 1.165) is 24.9 Å². The van der Waals surface area contributed by atoms with Gasteiger partial charge in [0.05, 0.1) is 6.04 Å². The summed E-state index contributed by atoms with van der Waals surface area (Å²) in [5.41, 5.74) is 4.90. The average molecular weight is 285 g/mol. The summed E-state index contributed by atoms with van der Waals surface area (Å²) >= 11 is 0. The van der Waals surface area contributed by atoms with Gasteiger partial charge in [-0.05, 0) is 53.8 Å². The minimum Gasteiger partial charge on any atom is -0.307 e. The van der Waals surface area contributed by atoms with E-state index in [1.54, 1.807) is 12.1 Å². The second-order valence-corrected chi connectivity index (χ2v) is 5.29. The van der Waals surface area contributed by atoms with Crippen molar-refractivity contribution in [2.75, 3.05) is 6.54 Å². The zero-order chi connectivity index (χ0) is 15.2. The Bertz CT molecular complexity index is 592. The summed E-state index contributed by atoms with van der Waals surface area (Å²) in [4.78, 5) is 0. The number of benzene rings is 2. The first kappa shape index (κ1) is 15.7. The van der Waals surface area contributed by atoms with Crippen LogP contribution in [0.15, 0.2) is 42.5 Å². The molecule has 0 aromatic heterocycles. The largest absolute Gasteiger partial charge is 0.307 e. The number of halogens is 1. The molecule has 1 N–H and O–H groups in total. The van der Waals surface area contributed by atoms with Crippen molar-refractivity contribution in [3.05, 3.63) is 70.5 Å². The molecule has 0 spiro atoms. The standard InChI is InChI=1S/C19H24FN/c1-4-14-10-11-15(5-2)18(12-14)19(21-6-3)16-8-7-9-17(20)13-16/h7-13,19,21H,4-6H2,1-3H3. The predicted octanol–water partition coefficient (Wildman–Crippen LogP) is 4.65. The van der Waals surface area contributed by atoms with Crippen LogP contribution in [0.3, 0.4) is 0 Å². The van der Waals surface area contributed by atoms with Crippen LogP contribution in [0.1, 0.15) is 49.1 Å². The van der Waals surface area contributed by atoms with E-state index in [9.17, 15) is 4.39 Å². The quantitative estimate of drug-likeness (QED) is 0.814. The SMILES string of the molecule is CCNC(c1cccc(F)c1)c1cc(CC)ccc1CC. The van der Waals surface area contributed by atoms with Crippen molar-refractivity contribution >= 4 is 0 Å². The average Bonchev–Trinajstić information content (AvgIpc) is 2.52. The molecule has 2 heteroatoms. The van der Waals surface area contributed by atoms with Gasteiger partial charge in [0.2, 0.25) is 0 Å². The van der Waals surface area contributed by atoms with E-state index in [0.29, 0.717) is 0 Å². The van der Waals surface area contributed by atoms with Crippen molar-refractivity contribution in [2.24, 2.45) is 0 Å². The van der Waals surface area contributed by atoms with Crippen molar-refractivity contribution in [3.8, 4) is 0 Å². The molecule has 1 unspecified atom stereocenters. The highest BCUT2D eigenvalue weighted by Crippen LogP contribution is 2.27. The molecule has 2 aromatic rings. The van der Waals surface area contributed by atoms with Gasteiger partial charge in [0, 0.05) is 0 Å². The lowest BCUT2D eigenvalue weighted by Crippen LogP contribution is -2.23. The number of hydrogen-bond acceptors (Lipinski definition) is 1. The molecule has 21 heavy (non-hydrogen) atoms. The Morgan fingerprint density at radius 2 is 1.81 bits per heavy atom. The molecule has 0 aliphatic heterocycles. The van der Waals surface area contributed by atoms with Gasteiger partial charge >= 0.3 is 0 Å². The molecule has 0 amide bonds. The Morgan fingerprint density at radius 1 is 1.00 bits per heavy atom. The highest BCUT2D eigenvalue weighted by atomic mass is 19.1. The van der Waals surface area contributed by atoms with E-state index in [-0.39, 0.29) is 11.9 Å². The molecular formula is C19H24FN. The lowest BCUT2D eigenvalue weighted by molar-refractivity contribution is 0.600. The first-order valence-electron chi connectivity index (χ1n) is 7.80. The van der Waals surface area contributed by atoms with Crippen LogP contribution in [0.2, 0.25) is 0 Å². The number of hydrogen-bond donors (Lipinski definition) is 1. The summed E-state index contributed by atoms with van der Waals surface area (Å²) in [7, 11) is 0. The van der Waals surface area contributed by atoms with Gasteiger partial charge in [0.25, 0.3) is 0 Å². The fourth-order valence-corrected chi connectivity index (χ4v) is 2.75. The lowest BCUT2D eigenvalue weighted by Gasteiger charge is -2.22. The predicted molar refractivity (Wildman–Crippen MR) is 87.1 cm³/mol. The zero-order valence-corrected chi connectivity index (χ0v) is 13.1. The Kier molecular flexibility index (Phi) is 5.51. The van der Waals surface area contributed by atoms with Crippen molar-refractivity contribution in [3.63, 3.8) is 0 Å². The number of nitrogens with one attached hydrogen (secondary N) is 1. The maximum absolute atomic E-state index is 13.6. The van der Waals surface area contributed by atoms with Crippen LogP contribution in [-0.4, -0.2) is 6.54 Å². The molecule has 0 aliphatic rings. The van der Waals surface area contributed by atoms with Crippen molar-refractivity contribution in [1.29, 1.82) is 0 Å². The zero-order valence-electron chi connectivity index (χ0n) is 13.1. The maximum Gasteiger partial charge on any atom is 0.123 e. The number of rotatable bonds is 6. The van der Waals surface area contributed by atoms with Crippen LogP contribution in [0.4, 0.5) is 4.39 Å². The van der Waals surface area contributed by atoms with Gasteiger partial charge < -0.3 is 5.32 Å². The lowest BCUT2D eigenvalue weighted by atomic mass is 9.91.